The first kappa shape index (κ1) is 11.7. The summed E-state index contributed by atoms with van der Waals surface area (Å²) in [6.07, 6.45) is -7.62. The van der Waals surface area contributed by atoms with Crippen LogP contribution in [0, 0.1) is 0 Å². The number of hydrogen-bond acceptors (Lipinski definition) is 6. The summed E-state index contributed by atoms with van der Waals surface area (Å²) < 4.78 is 136. The maximum Gasteiger partial charge on any atom is 0.416 e. The predicted octanol–water partition coefficient (Wildman–Crippen LogP) is 3.02. The van der Waals surface area contributed by atoms with Gasteiger partial charge in [0.15, 0.2) is 6.08 Å². The zero-order valence-corrected chi connectivity index (χ0v) is 14.3. The zero-order chi connectivity index (χ0) is 27.6. The molecule has 1 atom stereocenters. The van der Waals surface area contributed by atoms with Crippen molar-refractivity contribution in [2.24, 2.45) is 5.73 Å². The van der Waals surface area contributed by atoms with Gasteiger partial charge in [0.05, 0.1) is 16.5 Å². The van der Waals surface area contributed by atoms with Gasteiger partial charge in [-0.3, -0.25) is 4.79 Å². The Kier molecular flexibility index (Phi) is 3.02. The third-order valence-corrected chi connectivity index (χ3v) is 4.08. The van der Waals surface area contributed by atoms with Gasteiger partial charge in [-0.15, -0.1) is 0 Å². The standard InChI is InChI=1S/C18H14F3NO5S/c19-18(20,21)13-8-6-12(7-9-13)15-14(23)16(17(22)26-15)27-28(24,25)10-11-4-2-1-3-5-11/h1-9,15H,10,22H2/i1D,2D,3D,4D,5D,10D2,15D. The molecule has 3 rings (SSSR count). The SMILES string of the molecule is [2H]c1c([2H])c([2H])c(C([2H])([2H])S(=O)(=O)OC2=C(N)OC([2H])(c3ccc(C(F)(F)F)cc3)C2=O)c([2H])c1[2H]. The Morgan fingerprint density at radius 2 is 1.82 bits per heavy atom. The summed E-state index contributed by atoms with van der Waals surface area (Å²) >= 11 is 0. The molecule has 0 fully saturated rings. The molecule has 2 aromatic carbocycles. The Morgan fingerprint density at radius 1 is 1.21 bits per heavy atom. The summed E-state index contributed by atoms with van der Waals surface area (Å²) in [5, 5.41) is 0. The van der Waals surface area contributed by atoms with Crippen molar-refractivity contribution < 1.29 is 46.3 Å². The van der Waals surface area contributed by atoms with E-state index in [1.807, 2.05) is 0 Å². The lowest BCUT2D eigenvalue weighted by Gasteiger charge is -2.12. The molecule has 148 valence electrons. The average Bonchev–Trinajstić information content (AvgIpc) is 2.99. The van der Waals surface area contributed by atoms with Gasteiger partial charge in [-0.2, -0.15) is 21.6 Å². The molecular formula is C18H14F3NO5S. The lowest BCUT2D eigenvalue weighted by molar-refractivity contribution is -0.137. The number of ketones is 1. The van der Waals surface area contributed by atoms with Crippen molar-refractivity contribution in [1.82, 2.24) is 0 Å². The minimum atomic E-state index is -5.72. The second-order valence-corrected chi connectivity index (χ2v) is 6.45. The van der Waals surface area contributed by atoms with E-state index in [0.717, 1.165) is 0 Å². The summed E-state index contributed by atoms with van der Waals surface area (Å²) in [5.74, 6) is -4.11. The van der Waals surface area contributed by atoms with Crippen LogP contribution in [-0.2, 0) is 35.7 Å². The summed E-state index contributed by atoms with van der Waals surface area (Å²) in [6.45, 7) is 0. The maximum atomic E-state index is 12.8. The van der Waals surface area contributed by atoms with Crippen molar-refractivity contribution in [3.05, 3.63) is 82.8 Å². The Hall–Kier alpha value is -3.01. The Morgan fingerprint density at radius 3 is 2.39 bits per heavy atom. The van der Waals surface area contributed by atoms with E-state index in [1.54, 1.807) is 0 Å². The van der Waals surface area contributed by atoms with Crippen LogP contribution in [0.2, 0.25) is 0 Å². The number of rotatable bonds is 5. The molecule has 2 N–H and O–H groups in total. The first-order valence-corrected chi connectivity index (χ1v) is 8.61. The number of benzene rings is 2. The molecule has 0 spiro atoms. The molecule has 0 aliphatic carbocycles. The molecule has 1 heterocycles. The van der Waals surface area contributed by atoms with Gasteiger partial charge < -0.3 is 14.7 Å². The van der Waals surface area contributed by atoms with E-state index in [1.165, 1.54) is 0 Å². The second-order valence-electron chi connectivity index (χ2n) is 5.17. The lowest BCUT2D eigenvalue weighted by atomic mass is 10.0. The first-order valence-electron chi connectivity index (χ1n) is 11.2. The smallest absolute Gasteiger partial charge is 0.416 e. The Bertz CT molecular complexity index is 1380. The lowest BCUT2D eigenvalue weighted by Crippen LogP contribution is -2.16. The third-order valence-electron chi connectivity index (χ3n) is 3.24. The molecule has 0 saturated heterocycles. The van der Waals surface area contributed by atoms with Crippen molar-refractivity contribution in [3.63, 3.8) is 0 Å². The van der Waals surface area contributed by atoms with E-state index in [4.69, 9.17) is 21.4 Å². The summed E-state index contributed by atoms with van der Waals surface area (Å²) in [4.78, 5) is 12.8. The van der Waals surface area contributed by atoms with Gasteiger partial charge in [-0.05, 0) is 17.7 Å². The van der Waals surface area contributed by atoms with Crippen LogP contribution in [0.5, 0.6) is 0 Å². The molecule has 1 aliphatic heterocycles. The van der Waals surface area contributed by atoms with Gasteiger partial charge in [-0.25, -0.2) is 0 Å². The number of alkyl halides is 3. The van der Waals surface area contributed by atoms with Crippen molar-refractivity contribution in [2.75, 3.05) is 0 Å². The first-order chi connectivity index (χ1) is 16.3. The number of ether oxygens (including phenoxy) is 1. The normalized spacial score (nSPS) is 24.8. The van der Waals surface area contributed by atoms with E-state index in [2.05, 4.69) is 4.18 Å². The zero-order valence-electron chi connectivity index (χ0n) is 21.5. The molecule has 0 bridgehead atoms. The van der Waals surface area contributed by atoms with Crippen LogP contribution in [0.15, 0.2) is 66.1 Å². The van der Waals surface area contributed by atoms with Crippen LogP contribution in [0.1, 0.15) is 33.7 Å². The van der Waals surface area contributed by atoms with Crippen molar-refractivity contribution in [2.45, 2.75) is 18.0 Å². The van der Waals surface area contributed by atoms with Crippen LogP contribution in [0.3, 0.4) is 0 Å². The van der Waals surface area contributed by atoms with Gasteiger partial charge in [0, 0.05) is 5.56 Å². The Labute approximate surface area is 169 Å². The average molecular weight is 421 g/mol. The molecule has 0 saturated carbocycles. The summed E-state index contributed by atoms with van der Waals surface area (Å²) in [5.41, 5.74) is -1.30. The number of nitrogens with two attached hydrogens (primary N) is 1. The maximum absolute atomic E-state index is 12.8. The van der Waals surface area contributed by atoms with Gasteiger partial charge in [-0.1, -0.05) is 42.3 Å². The third kappa shape index (κ3) is 4.28. The second kappa shape index (κ2) is 7.19. The number of halogens is 3. The Balaban J connectivity index is 2.00. The topological polar surface area (TPSA) is 95.7 Å². The van der Waals surface area contributed by atoms with Crippen LogP contribution in [0.4, 0.5) is 13.2 Å². The van der Waals surface area contributed by atoms with Gasteiger partial charge in [0.25, 0.3) is 0 Å². The number of Topliss-reactive ketones (excluding diaryl/α,β-unsaturated/α-hetero) is 1. The highest BCUT2D eigenvalue weighted by molar-refractivity contribution is 7.86. The molecular weight excluding hydrogens is 399 g/mol. The molecule has 28 heavy (non-hydrogen) atoms. The van der Waals surface area contributed by atoms with Gasteiger partial charge in [0.2, 0.25) is 17.4 Å². The molecule has 2 aromatic rings. The van der Waals surface area contributed by atoms with Crippen molar-refractivity contribution in [1.29, 1.82) is 0 Å². The van der Waals surface area contributed by atoms with E-state index in [-0.39, 0.29) is 0 Å². The van der Waals surface area contributed by atoms with Crippen molar-refractivity contribution in [3.8, 4) is 0 Å². The summed E-state index contributed by atoms with van der Waals surface area (Å²) in [7, 11) is -5.72. The molecule has 0 amide bonds. The largest absolute Gasteiger partial charge is 0.460 e. The van der Waals surface area contributed by atoms with Crippen LogP contribution < -0.4 is 5.73 Å². The van der Waals surface area contributed by atoms with Gasteiger partial charge >= 0.3 is 16.3 Å². The number of carbonyl (C=O) groups is 1. The van der Waals surface area contributed by atoms with Gasteiger partial charge in [0.1, 0.15) is 5.70 Å². The van der Waals surface area contributed by atoms with E-state index < -0.39 is 92.4 Å². The molecule has 0 aromatic heterocycles. The van der Waals surface area contributed by atoms with Crippen LogP contribution in [-0.4, -0.2) is 14.2 Å². The molecule has 6 nitrogen and oxygen atoms in total. The fourth-order valence-electron chi connectivity index (χ4n) is 2.05. The highest BCUT2D eigenvalue weighted by atomic mass is 32.2. The summed E-state index contributed by atoms with van der Waals surface area (Å²) in [6, 6.07) is -2.93. The predicted molar refractivity (Wildman–Crippen MR) is 91.6 cm³/mol. The number of carbonyl (C=O) groups excluding carboxylic acids is 1. The van der Waals surface area contributed by atoms with E-state index >= 15 is 0 Å². The van der Waals surface area contributed by atoms with E-state index in [9.17, 15) is 26.4 Å². The fraction of sp³-hybridized carbons (Fsp3) is 0.167. The van der Waals surface area contributed by atoms with Crippen LogP contribution >= 0.6 is 0 Å². The van der Waals surface area contributed by atoms with Crippen LogP contribution in [0.25, 0.3) is 0 Å². The molecule has 0 radical (unpaired) electrons. The minimum absolute atomic E-state index is 0.493. The molecule has 10 heteroatoms. The molecule has 1 aliphatic rings. The highest BCUT2D eigenvalue weighted by Gasteiger charge is 2.40. The molecule has 1 unspecified atom stereocenters. The quantitative estimate of drug-likeness (QED) is 0.746. The van der Waals surface area contributed by atoms with Crippen molar-refractivity contribution >= 4 is 15.9 Å². The monoisotopic (exact) mass is 421 g/mol. The fourth-order valence-corrected chi connectivity index (χ4v) is 2.82. The highest BCUT2D eigenvalue weighted by Crippen LogP contribution is 2.35. The van der Waals surface area contributed by atoms with E-state index in [0.29, 0.717) is 24.3 Å². The number of hydrogen-bond donors (Lipinski definition) is 1. The minimum Gasteiger partial charge on any atom is -0.460 e.